The van der Waals surface area contributed by atoms with Crippen LogP contribution in [0.2, 0.25) is 0 Å². The number of aromatic nitrogens is 2. The molecule has 71 heavy (non-hydrogen) atoms. The van der Waals surface area contributed by atoms with Crippen LogP contribution in [-0.4, -0.2) is 117 Å². The number of ether oxygens (including phenoxy) is 3. The van der Waals surface area contributed by atoms with Gasteiger partial charge in [-0.15, -0.1) is 0 Å². The first kappa shape index (κ1) is 59.6. The number of pyridine rings is 1. The van der Waals surface area contributed by atoms with Crippen molar-refractivity contribution in [2.45, 2.75) is 147 Å². The average Bonchev–Trinajstić information content (AvgIpc) is 3.63. The lowest BCUT2D eigenvalue weighted by Gasteiger charge is -2.30. The number of fused-ring (bicyclic) bond motifs is 1. The molecule has 0 aliphatic heterocycles. The van der Waals surface area contributed by atoms with Gasteiger partial charge in [-0.1, -0.05) is 71.2 Å². The molecule has 0 bridgehead atoms. The zero-order valence-corrected chi connectivity index (χ0v) is 45.1. The number of nitrogens with two attached hydrogens (primary N) is 1. The van der Waals surface area contributed by atoms with Gasteiger partial charge in [-0.25, -0.2) is 24.2 Å². The normalized spacial score (nSPS) is 13.5. The van der Waals surface area contributed by atoms with Crippen LogP contribution in [0.15, 0.2) is 88.0 Å². The Morgan fingerprint density at radius 1 is 0.859 bits per heavy atom. The quantitative estimate of drug-likeness (QED) is 0.0214. The maximum Gasteiger partial charge on any atom is 0.419 e. The minimum Gasteiger partial charge on any atom is -0.480 e. The lowest BCUT2D eigenvalue weighted by Crippen LogP contribution is -2.56. The number of likely N-dealkylation sites (N-methyl/N-ethyl adjacent to an activating group) is 1. The molecule has 3 rings (SSSR count). The fourth-order valence-electron chi connectivity index (χ4n) is 7.08. The van der Waals surface area contributed by atoms with E-state index in [0.29, 0.717) is 45.2 Å². The van der Waals surface area contributed by atoms with E-state index in [1.165, 1.54) is 29.6 Å². The number of nitrogens with zero attached hydrogens (tertiary/aromatic N) is 3. The number of thioether (sulfide) groups is 1. The van der Waals surface area contributed by atoms with Crippen molar-refractivity contribution < 1.29 is 48.1 Å². The molecule has 390 valence electrons. The van der Waals surface area contributed by atoms with Crippen molar-refractivity contribution in [3.05, 3.63) is 94.1 Å². The number of benzene rings is 1. The number of halogens is 1. The van der Waals surface area contributed by atoms with Gasteiger partial charge in [0, 0.05) is 66.8 Å². The van der Waals surface area contributed by atoms with Crippen molar-refractivity contribution in [1.82, 2.24) is 35.7 Å². The van der Waals surface area contributed by atoms with Gasteiger partial charge < -0.3 is 51.2 Å². The predicted octanol–water partition coefficient (Wildman–Crippen LogP) is 8.32. The van der Waals surface area contributed by atoms with Crippen molar-refractivity contribution in [2.75, 3.05) is 26.7 Å². The van der Waals surface area contributed by atoms with Gasteiger partial charge in [0.15, 0.2) is 0 Å². The number of allylic oxidation sites excluding steroid dienone is 1. The topological polar surface area (TPSA) is 246 Å². The fraction of sp³-hybridized carbons (Fsp3) is 0.510. The minimum atomic E-state index is -1.43. The molecule has 3 unspecified atom stereocenters. The molecule has 20 heteroatoms. The minimum absolute atomic E-state index is 0.0739. The van der Waals surface area contributed by atoms with Gasteiger partial charge in [0.2, 0.25) is 11.8 Å². The molecule has 18 nitrogen and oxygen atoms in total. The fourth-order valence-corrected chi connectivity index (χ4v) is 8.59. The van der Waals surface area contributed by atoms with E-state index in [4.69, 9.17) is 19.9 Å². The molecule has 1 aromatic carbocycles. The Labute approximate surface area is 430 Å². The second kappa shape index (κ2) is 27.2. The Balaban J connectivity index is 1.99. The summed E-state index contributed by atoms with van der Waals surface area (Å²) < 4.78 is 18.3. The molecule has 0 saturated carbocycles. The number of para-hydroxylation sites is 1. The van der Waals surface area contributed by atoms with Crippen LogP contribution in [0, 0.1) is 0 Å². The Hall–Kier alpha value is -5.70. The zero-order valence-electron chi connectivity index (χ0n) is 42.7. The summed E-state index contributed by atoms with van der Waals surface area (Å²) in [4.78, 5) is 87.0. The van der Waals surface area contributed by atoms with Gasteiger partial charge in [0.25, 0.3) is 0 Å². The van der Waals surface area contributed by atoms with E-state index in [1.54, 1.807) is 105 Å². The Morgan fingerprint density at radius 2 is 1.45 bits per heavy atom. The number of hydrogen-bond acceptors (Lipinski definition) is 13. The monoisotopic (exact) mass is 1070 g/mol. The highest BCUT2D eigenvalue weighted by Gasteiger charge is 2.35. The third kappa shape index (κ3) is 20.1. The van der Waals surface area contributed by atoms with Crippen LogP contribution in [-0.2, 0) is 41.6 Å². The first-order valence-corrected chi connectivity index (χ1v) is 25.1. The maximum atomic E-state index is 14.7. The van der Waals surface area contributed by atoms with Crippen LogP contribution in [0.3, 0.4) is 0 Å². The van der Waals surface area contributed by atoms with E-state index in [2.05, 4.69) is 55.3 Å². The highest BCUT2D eigenvalue weighted by Crippen LogP contribution is 2.34. The molecular formula is C51H73BrN8O10S. The third-order valence-electron chi connectivity index (χ3n) is 10.4. The lowest BCUT2D eigenvalue weighted by atomic mass is 10.0. The van der Waals surface area contributed by atoms with Crippen LogP contribution in [0.5, 0.6) is 0 Å². The van der Waals surface area contributed by atoms with Crippen molar-refractivity contribution in [3.8, 4) is 0 Å². The number of unbranched alkanes of at least 4 members (excludes halogenated alkanes) is 1. The van der Waals surface area contributed by atoms with Gasteiger partial charge >= 0.3 is 24.2 Å². The number of hydrogen-bond donors (Lipinski definition) is 6. The summed E-state index contributed by atoms with van der Waals surface area (Å²) >= 11 is 4.76. The molecule has 2 heterocycles. The summed E-state index contributed by atoms with van der Waals surface area (Å²) in [6.45, 7) is 24.3. The highest BCUT2D eigenvalue weighted by atomic mass is 79.9. The molecule has 3 aromatic rings. The van der Waals surface area contributed by atoms with Crippen LogP contribution in [0.25, 0.3) is 10.9 Å². The molecule has 0 saturated heterocycles. The Kier molecular flexibility index (Phi) is 22.8. The number of nitrogens with one attached hydrogen (secondary N) is 4. The smallest absolute Gasteiger partial charge is 0.419 e. The predicted molar refractivity (Wildman–Crippen MR) is 280 cm³/mol. The molecule has 2 aromatic heterocycles. The average molecular weight is 1070 g/mol. The van der Waals surface area contributed by atoms with E-state index in [0.717, 1.165) is 20.9 Å². The van der Waals surface area contributed by atoms with Gasteiger partial charge in [-0.3, -0.25) is 14.2 Å². The number of aliphatic carboxylic acids is 1. The van der Waals surface area contributed by atoms with Crippen LogP contribution >= 0.6 is 27.7 Å². The molecule has 0 radical (unpaired) electrons. The first-order valence-electron chi connectivity index (χ1n) is 23.5. The molecule has 0 aliphatic carbocycles. The molecular weight excluding hydrogens is 997 g/mol. The van der Waals surface area contributed by atoms with Gasteiger partial charge in [-0.05, 0) is 123 Å². The van der Waals surface area contributed by atoms with E-state index in [9.17, 15) is 33.9 Å². The van der Waals surface area contributed by atoms with E-state index in [-0.39, 0.29) is 45.4 Å². The summed E-state index contributed by atoms with van der Waals surface area (Å²) in [5.41, 5.74) is 6.26. The second-order valence-electron chi connectivity index (χ2n) is 19.7. The molecule has 0 spiro atoms. The lowest BCUT2D eigenvalue weighted by molar-refractivity contribution is -0.150. The van der Waals surface area contributed by atoms with Crippen LogP contribution < -0.4 is 27.0 Å². The Morgan fingerprint density at radius 3 is 2.01 bits per heavy atom. The number of carboxylic acid groups (broad SMARTS) is 1. The van der Waals surface area contributed by atoms with Crippen LogP contribution in [0.1, 0.15) is 106 Å². The number of carbonyl (C=O) groups is 6. The van der Waals surface area contributed by atoms with Crippen molar-refractivity contribution in [3.63, 3.8) is 0 Å². The van der Waals surface area contributed by atoms with Crippen molar-refractivity contribution in [1.29, 1.82) is 0 Å². The SMILES string of the molecule is C=C/C(Sc1ncccc1CNC(CCCNC(=O)OC(C)(C)C)C(=O)NC(CCCCNC(=O)OC(C)(C)C)C(=O)N(C)C(Cc1cn(C(=O)OC(C)(C)C)c2ccccc12)C(=O)O)=C(/CN)C(=C)Br. The summed E-state index contributed by atoms with van der Waals surface area (Å²) in [6, 6.07) is 7.03. The summed E-state index contributed by atoms with van der Waals surface area (Å²) in [6.07, 6.45) is 4.09. The number of rotatable bonds is 24. The number of alkyl carbamates (subject to hydrolysis) is 2. The second-order valence-corrected chi connectivity index (χ2v) is 21.7. The summed E-state index contributed by atoms with van der Waals surface area (Å²) in [5, 5.41) is 23.6. The third-order valence-corrected chi connectivity index (χ3v) is 12.0. The van der Waals surface area contributed by atoms with Crippen molar-refractivity contribution >= 4 is 74.7 Å². The van der Waals surface area contributed by atoms with Crippen molar-refractivity contribution in [2.24, 2.45) is 5.73 Å². The molecule has 0 aliphatic rings. The summed E-state index contributed by atoms with van der Waals surface area (Å²) in [7, 11) is 1.37. The first-order chi connectivity index (χ1) is 33.1. The van der Waals surface area contributed by atoms with Gasteiger partial charge in [0.05, 0.1) is 11.6 Å². The maximum absolute atomic E-state index is 14.7. The van der Waals surface area contributed by atoms with E-state index in [1.807, 2.05) is 6.07 Å². The highest BCUT2D eigenvalue weighted by molar-refractivity contribution is 9.11. The molecule has 0 fully saturated rings. The van der Waals surface area contributed by atoms with E-state index >= 15 is 0 Å². The molecule has 3 atom stereocenters. The number of carbonyl (C=O) groups excluding carboxylic acids is 5. The Bertz CT molecular complexity index is 2400. The molecule has 4 amide bonds. The molecule has 7 N–H and O–H groups in total. The standard InChI is InChI=1S/C51H73BrN8O10S/c1-13-41(36(29-53)32(2)52)71-43-33(20-18-26-54-43)30-57-37(23-19-27-56-47(66)69-50(6,7)8)42(61)58-38(22-16-17-25-55-46(65)68-49(3,4)5)44(62)59(12)40(45(63)64)28-34-31-60(48(67)70-51(9,10)11)39-24-15-14-21-35(34)39/h13-15,18,20-21,24,26,31,37-38,40,57H,1-2,16-17,19,22-23,25,27-30,53H2,3-12H3,(H,55,65)(H,56,66)(H,58,61)(H,63,64)/b41-36+. The number of amides is 4. The van der Waals surface area contributed by atoms with Gasteiger partial charge in [-0.2, -0.15) is 0 Å². The number of carboxylic acids is 1. The van der Waals surface area contributed by atoms with Gasteiger partial charge in [0.1, 0.15) is 33.9 Å². The van der Waals surface area contributed by atoms with Crippen LogP contribution in [0.4, 0.5) is 14.4 Å². The van der Waals surface area contributed by atoms with E-state index < -0.39 is 71.0 Å². The largest absolute Gasteiger partial charge is 0.480 e. The summed E-state index contributed by atoms with van der Waals surface area (Å²) in [5.74, 6) is -2.54. The zero-order chi connectivity index (χ0) is 53.3.